The third-order valence-electron chi connectivity index (χ3n) is 5.00. The topological polar surface area (TPSA) is 57.6 Å². The van der Waals surface area contributed by atoms with E-state index in [1.165, 1.54) is 6.08 Å². The van der Waals surface area contributed by atoms with Crippen LogP contribution >= 0.6 is 0 Å². The zero-order chi connectivity index (χ0) is 20.1. The Balaban J connectivity index is 1.72. The van der Waals surface area contributed by atoms with Crippen LogP contribution in [-0.2, 0) is 9.59 Å². The van der Waals surface area contributed by atoms with Crippen molar-refractivity contribution in [1.82, 2.24) is 0 Å². The molecule has 1 aliphatic carbocycles. The Morgan fingerprint density at radius 3 is 2.32 bits per heavy atom. The quantitative estimate of drug-likeness (QED) is 0.618. The van der Waals surface area contributed by atoms with Gasteiger partial charge in [0.25, 0.3) is 0 Å². The standard InChI is InChI=1S/C24H25NO3/c1-25(2)20-11-6-18(7-12-20)16-19-4-3-5-22(24(19)28)23(27)15-10-17-8-13-21(26)14-9-17/h6-16,22,26H,3-5H2,1-2H3. The molecule has 0 heterocycles. The summed E-state index contributed by atoms with van der Waals surface area (Å²) in [6.45, 7) is 0. The van der Waals surface area contributed by atoms with Gasteiger partial charge in [-0.2, -0.15) is 0 Å². The highest BCUT2D eigenvalue weighted by molar-refractivity contribution is 6.16. The number of allylic oxidation sites excluding steroid dienone is 2. The second-order valence-corrected chi connectivity index (χ2v) is 7.29. The number of nitrogens with zero attached hydrogens (tertiary/aromatic N) is 1. The average molecular weight is 375 g/mol. The molecule has 28 heavy (non-hydrogen) atoms. The number of phenols is 1. The number of aromatic hydroxyl groups is 1. The lowest BCUT2D eigenvalue weighted by molar-refractivity contribution is -0.129. The predicted molar refractivity (Wildman–Crippen MR) is 113 cm³/mol. The summed E-state index contributed by atoms with van der Waals surface area (Å²) < 4.78 is 0. The number of carbonyl (C=O) groups excluding carboxylic acids is 2. The van der Waals surface area contributed by atoms with E-state index in [2.05, 4.69) is 0 Å². The minimum absolute atomic E-state index is 0.0664. The lowest BCUT2D eigenvalue weighted by Gasteiger charge is -2.21. The first kappa shape index (κ1) is 19.6. The van der Waals surface area contributed by atoms with Gasteiger partial charge in [0.05, 0.1) is 5.92 Å². The summed E-state index contributed by atoms with van der Waals surface area (Å²) >= 11 is 0. The van der Waals surface area contributed by atoms with E-state index in [0.717, 1.165) is 28.8 Å². The summed E-state index contributed by atoms with van der Waals surface area (Å²) in [4.78, 5) is 27.4. The molecule has 1 aliphatic rings. The SMILES string of the molecule is CN(C)c1ccc(C=C2CCCC(C(=O)C=Cc3ccc(O)cc3)C2=O)cc1. The first-order valence-corrected chi connectivity index (χ1v) is 9.47. The van der Waals surface area contributed by atoms with Gasteiger partial charge in [-0.15, -0.1) is 0 Å². The van der Waals surface area contributed by atoms with Crippen LogP contribution in [0.1, 0.15) is 30.4 Å². The molecular formula is C24H25NO3. The molecular weight excluding hydrogens is 350 g/mol. The van der Waals surface area contributed by atoms with Crippen LogP contribution in [0.2, 0.25) is 0 Å². The normalized spacial score (nSPS) is 18.6. The van der Waals surface area contributed by atoms with Crippen molar-refractivity contribution < 1.29 is 14.7 Å². The summed E-state index contributed by atoms with van der Waals surface area (Å²) in [7, 11) is 3.97. The molecule has 1 N–H and O–H groups in total. The minimum Gasteiger partial charge on any atom is -0.508 e. The van der Waals surface area contributed by atoms with E-state index in [0.29, 0.717) is 12.8 Å². The summed E-state index contributed by atoms with van der Waals surface area (Å²) in [5.41, 5.74) is 3.61. The Morgan fingerprint density at radius 1 is 1.04 bits per heavy atom. The van der Waals surface area contributed by atoms with Crippen LogP contribution in [0.3, 0.4) is 0 Å². The first-order valence-electron chi connectivity index (χ1n) is 9.47. The third-order valence-corrected chi connectivity index (χ3v) is 5.00. The highest BCUT2D eigenvalue weighted by Crippen LogP contribution is 2.28. The lowest BCUT2D eigenvalue weighted by atomic mass is 9.81. The molecule has 144 valence electrons. The molecule has 0 bridgehead atoms. The van der Waals surface area contributed by atoms with E-state index in [-0.39, 0.29) is 17.3 Å². The highest BCUT2D eigenvalue weighted by Gasteiger charge is 2.30. The molecule has 4 heteroatoms. The van der Waals surface area contributed by atoms with Crippen LogP contribution < -0.4 is 4.90 Å². The largest absolute Gasteiger partial charge is 0.508 e. The predicted octanol–water partition coefficient (Wildman–Crippen LogP) is 4.49. The van der Waals surface area contributed by atoms with E-state index in [4.69, 9.17) is 0 Å². The molecule has 3 rings (SSSR count). The number of carbonyl (C=O) groups is 2. The maximum Gasteiger partial charge on any atom is 0.169 e. The molecule has 0 saturated heterocycles. The van der Waals surface area contributed by atoms with Gasteiger partial charge in [0, 0.05) is 19.8 Å². The molecule has 1 unspecified atom stereocenters. The van der Waals surface area contributed by atoms with Gasteiger partial charge >= 0.3 is 0 Å². The fourth-order valence-electron chi connectivity index (χ4n) is 3.34. The van der Waals surface area contributed by atoms with E-state index in [1.807, 2.05) is 49.3 Å². The van der Waals surface area contributed by atoms with Gasteiger partial charge in [-0.1, -0.05) is 30.3 Å². The Morgan fingerprint density at radius 2 is 1.68 bits per heavy atom. The van der Waals surface area contributed by atoms with Gasteiger partial charge in [0.2, 0.25) is 0 Å². The molecule has 0 amide bonds. The number of anilines is 1. The van der Waals surface area contributed by atoms with Crippen LogP contribution in [0.25, 0.3) is 12.2 Å². The van der Waals surface area contributed by atoms with Crippen LogP contribution in [0.4, 0.5) is 5.69 Å². The number of benzene rings is 2. The lowest BCUT2D eigenvalue weighted by Crippen LogP contribution is -2.27. The van der Waals surface area contributed by atoms with Gasteiger partial charge < -0.3 is 10.0 Å². The van der Waals surface area contributed by atoms with E-state index < -0.39 is 5.92 Å². The van der Waals surface area contributed by atoms with Crippen LogP contribution in [0, 0.1) is 5.92 Å². The zero-order valence-electron chi connectivity index (χ0n) is 16.3. The van der Waals surface area contributed by atoms with E-state index in [9.17, 15) is 14.7 Å². The maximum absolute atomic E-state index is 12.8. The molecule has 1 atom stereocenters. The first-order chi connectivity index (χ1) is 13.4. The number of ketones is 2. The zero-order valence-corrected chi connectivity index (χ0v) is 16.3. The van der Waals surface area contributed by atoms with Crippen molar-refractivity contribution in [2.24, 2.45) is 5.92 Å². The Labute approximate surface area is 165 Å². The average Bonchev–Trinajstić information content (AvgIpc) is 2.69. The van der Waals surface area contributed by atoms with Crippen LogP contribution in [0.15, 0.2) is 60.2 Å². The van der Waals surface area contributed by atoms with Gasteiger partial charge in [0.15, 0.2) is 11.6 Å². The molecule has 0 aliphatic heterocycles. The fraction of sp³-hybridized carbons (Fsp3) is 0.250. The molecule has 0 aromatic heterocycles. The van der Waals surface area contributed by atoms with E-state index in [1.54, 1.807) is 30.3 Å². The molecule has 0 radical (unpaired) electrons. The molecule has 1 fully saturated rings. The van der Waals surface area contributed by atoms with Crippen LogP contribution in [0.5, 0.6) is 5.75 Å². The summed E-state index contributed by atoms with van der Waals surface area (Å²) in [5, 5.41) is 9.32. The van der Waals surface area contributed by atoms with Crippen molar-refractivity contribution in [2.45, 2.75) is 19.3 Å². The van der Waals surface area contributed by atoms with Gasteiger partial charge in [-0.3, -0.25) is 9.59 Å². The molecule has 2 aromatic carbocycles. The van der Waals surface area contributed by atoms with E-state index >= 15 is 0 Å². The Kier molecular flexibility index (Phi) is 6.09. The fourth-order valence-corrected chi connectivity index (χ4v) is 3.34. The number of phenolic OH excluding ortho intramolecular Hbond substituents is 1. The second kappa shape index (κ2) is 8.70. The number of rotatable bonds is 5. The van der Waals surface area contributed by atoms with Crippen molar-refractivity contribution in [1.29, 1.82) is 0 Å². The van der Waals surface area contributed by atoms with Crippen molar-refractivity contribution in [3.8, 4) is 5.75 Å². The highest BCUT2D eigenvalue weighted by atomic mass is 16.3. The van der Waals surface area contributed by atoms with Gasteiger partial charge in [0.1, 0.15) is 5.75 Å². The Hall–Kier alpha value is -3.14. The third kappa shape index (κ3) is 4.77. The molecule has 0 spiro atoms. The van der Waals surface area contributed by atoms with Crippen molar-refractivity contribution in [3.63, 3.8) is 0 Å². The number of hydrogen-bond acceptors (Lipinski definition) is 4. The number of hydrogen-bond donors (Lipinski definition) is 1. The molecule has 2 aromatic rings. The van der Waals surface area contributed by atoms with Crippen molar-refractivity contribution in [3.05, 3.63) is 71.3 Å². The number of Topliss-reactive ketones (excluding diaryl/α,β-unsaturated/α-hetero) is 1. The molecule has 4 nitrogen and oxygen atoms in total. The maximum atomic E-state index is 12.8. The molecule has 1 saturated carbocycles. The van der Waals surface area contributed by atoms with Crippen molar-refractivity contribution >= 4 is 29.4 Å². The van der Waals surface area contributed by atoms with Crippen LogP contribution in [-0.4, -0.2) is 30.8 Å². The smallest absolute Gasteiger partial charge is 0.169 e. The second-order valence-electron chi connectivity index (χ2n) is 7.29. The summed E-state index contributed by atoms with van der Waals surface area (Å²) in [6.07, 6.45) is 7.20. The van der Waals surface area contributed by atoms with Gasteiger partial charge in [-0.05, 0) is 72.4 Å². The minimum atomic E-state index is -0.602. The summed E-state index contributed by atoms with van der Waals surface area (Å²) in [6, 6.07) is 14.6. The summed E-state index contributed by atoms with van der Waals surface area (Å²) in [5.74, 6) is -0.649. The Bertz CT molecular complexity index is 906. The monoisotopic (exact) mass is 375 g/mol. The van der Waals surface area contributed by atoms with Crippen molar-refractivity contribution in [2.75, 3.05) is 19.0 Å². The van der Waals surface area contributed by atoms with Gasteiger partial charge in [-0.25, -0.2) is 0 Å².